The van der Waals surface area contributed by atoms with Crippen molar-refractivity contribution in [2.45, 2.75) is 58.3 Å². The molecule has 2 aliphatic rings. The minimum atomic E-state index is 0.297. The molecule has 15 heavy (non-hydrogen) atoms. The highest BCUT2D eigenvalue weighted by Crippen LogP contribution is 2.50. The molecule has 0 heterocycles. The first-order valence-electron chi connectivity index (χ1n) is 6.53. The van der Waals surface area contributed by atoms with Crippen molar-refractivity contribution in [2.24, 2.45) is 11.3 Å². The van der Waals surface area contributed by atoms with Crippen LogP contribution < -0.4 is 5.32 Å². The molecule has 0 bridgehead atoms. The SMILES string of the molecule is CCNC(=O)C1CCC2(CCCC2)CC1. The summed E-state index contributed by atoms with van der Waals surface area (Å²) in [6.07, 6.45) is 10.6. The fourth-order valence-electron chi connectivity index (χ4n) is 3.44. The molecule has 0 aromatic heterocycles. The number of hydrogen-bond donors (Lipinski definition) is 1. The Kier molecular flexibility index (Phi) is 3.32. The van der Waals surface area contributed by atoms with E-state index < -0.39 is 0 Å². The first kappa shape index (κ1) is 11.0. The Morgan fingerprint density at radius 2 is 1.80 bits per heavy atom. The predicted molar refractivity (Wildman–Crippen MR) is 61.5 cm³/mol. The van der Waals surface area contributed by atoms with Crippen LogP contribution in [-0.4, -0.2) is 12.5 Å². The van der Waals surface area contributed by atoms with E-state index in [1.807, 2.05) is 6.92 Å². The lowest BCUT2D eigenvalue weighted by Crippen LogP contribution is -2.35. The van der Waals surface area contributed by atoms with Crippen molar-refractivity contribution < 1.29 is 4.79 Å². The van der Waals surface area contributed by atoms with Crippen molar-refractivity contribution in [3.8, 4) is 0 Å². The highest BCUT2D eigenvalue weighted by atomic mass is 16.1. The third kappa shape index (κ3) is 2.35. The van der Waals surface area contributed by atoms with E-state index in [4.69, 9.17) is 0 Å². The molecular formula is C13H23NO. The minimum Gasteiger partial charge on any atom is -0.356 e. The summed E-state index contributed by atoms with van der Waals surface area (Å²) in [5.41, 5.74) is 0.656. The molecule has 0 aromatic rings. The summed E-state index contributed by atoms with van der Waals surface area (Å²) in [4.78, 5) is 11.7. The van der Waals surface area contributed by atoms with Crippen molar-refractivity contribution >= 4 is 5.91 Å². The molecule has 0 aromatic carbocycles. The van der Waals surface area contributed by atoms with Crippen LogP contribution in [0, 0.1) is 11.3 Å². The van der Waals surface area contributed by atoms with E-state index >= 15 is 0 Å². The van der Waals surface area contributed by atoms with Gasteiger partial charge in [0, 0.05) is 12.5 Å². The fraction of sp³-hybridized carbons (Fsp3) is 0.923. The second kappa shape index (κ2) is 4.54. The Hall–Kier alpha value is -0.530. The molecule has 2 saturated carbocycles. The lowest BCUT2D eigenvalue weighted by atomic mass is 9.69. The van der Waals surface area contributed by atoms with E-state index in [-0.39, 0.29) is 0 Å². The Morgan fingerprint density at radius 3 is 2.33 bits per heavy atom. The topological polar surface area (TPSA) is 29.1 Å². The van der Waals surface area contributed by atoms with Crippen LogP contribution in [0.2, 0.25) is 0 Å². The summed E-state index contributed by atoms with van der Waals surface area (Å²) >= 11 is 0. The van der Waals surface area contributed by atoms with Crippen molar-refractivity contribution in [3.63, 3.8) is 0 Å². The van der Waals surface area contributed by atoms with Gasteiger partial charge in [0.15, 0.2) is 0 Å². The molecule has 0 radical (unpaired) electrons. The number of amides is 1. The molecule has 2 fully saturated rings. The van der Waals surface area contributed by atoms with Crippen molar-refractivity contribution in [3.05, 3.63) is 0 Å². The highest BCUT2D eigenvalue weighted by molar-refractivity contribution is 5.78. The summed E-state index contributed by atoms with van der Waals surface area (Å²) in [6, 6.07) is 0. The van der Waals surface area contributed by atoms with E-state index in [1.54, 1.807) is 0 Å². The Balaban J connectivity index is 1.83. The van der Waals surface area contributed by atoms with Gasteiger partial charge in [-0.2, -0.15) is 0 Å². The maximum atomic E-state index is 11.7. The van der Waals surface area contributed by atoms with Gasteiger partial charge in [-0.25, -0.2) is 0 Å². The second-order valence-corrected chi connectivity index (χ2v) is 5.38. The number of carbonyl (C=O) groups is 1. The summed E-state index contributed by atoms with van der Waals surface area (Å²) < 4.78 is 0. The maximum Gasteiger partial charge on any atom is 0.223 e. The van der Waals surface area contributed by atoms with Gasteiger partial charge < -0.3 is 5.32 Å². The van der Waals surface area contributed by atoms with Gasteiger partial charge in [0.25, 0.3) is 0 Å². The first-order valence-corrected chi connectivity index (χ1v) is 6.53. The van der Waals surface area contributed by atoms with Gasteiger partial charge in [-0.3, -0.25) is 4.79 Å². The van der Waals surface area contributed by atoms with Gasteiger partial charge in [0.05, 0.1) is 0 Å². The zero-order valence-corrected chi connectivity index (χ0v) is 9.85. The normalized spacial score (nSPS) is 25.7. The van der Waals surface area contributed by atoms with Crippen molar-refractivity contribution in [1.29, 1.82) is 0 Å². The van der Waals surface area contributed by atoms with E-state index in [2.05, 4.69) is 5.32 Å². The quantitative estimate of drug-likeness (QED) is 0.744. The summed E-state index contributed by atoms with van der Waals surface area (Å²) in [5, 5.41) is 2.96. The molecule has 1 spiro atoms. The molecule has 2 heteroatoms. The van der Waals surface area contributed by atoms with Crippen LogP contribution in [-0.2, 0) is 4.79 Å². The second-order valence-electron chi connectivity index (χ2n) is 5.38. The monoisotopic (exact) mass is 209 g/mol. The number of rotatable bonds is 2. The minimum absolute atomic E-state index is 0.297. The van der Waals surface area contributed by atoms with E-state index in [1.165, 1.54) is 38.5 Å². The average molecular weight is 209 g/mol. The summed E-state index contributed by atoms with van der Waals surface area (Å²) in [5.74, 6) is 0.613. The third-order valence-electron chi connectivity index (χ3n) is 4.43. The van der Waals surface area contributed by atoms with Gasteiger partial charge in [-0.1, -0.05) is 12.8 Å². The van der Waals surface area contributed by atoms with Crippen LogP contribution in [0.5, 0.6) is 0 Å². The third-order valence-corrected chi connectivity index (χ3v) is 4.43. The Labute approximate surface area is 92.8 Å². The largest absolute Gasteiger partial charge is 0.356 e. The average Bonchev–Trinajstić information content (AvgIpc) is 2.68. The molecule has 0 unspecified atom stereocenters. The van der Waals surface area contributed by atoms with Crippen molar-refractivity contribution in [1.82, 2.24) is 5.32 Å². The first-order chi connectivity index (χ1) is 7.26. The maximum absolute atomic E-state index is 11.7. The van der Waals surface area contributed by atoms with Gasteiger partial charge in [0.2, 0.25) is 5.91 Å². The van der Waals surface area contributed by atoms with Crippen LogP contribution in [0.4, 0.5) is 0 Å². The zero-order chi connectivity index (χ0) is 10.7. The zero-order valence-electron chi connectivity index (χ0n) is 9.85. The molecule has 1 amide bonds. The van der Waals surface area contributed by atoms with Crippen LogP contribution in [0.15, 0.2) is 0 Å². The predicted octanol–water partition coefficient (Wildman–Crippen LogP) is 2.87. The lowest BCUT2D eigenvalue weighted by Gasteiger charge is -2.36. The van der Waals surface area contributed by atoms with Crippen molar-refractivity contribution in [2.75, 3.05) is 6.54 Å². The van der Waals surface area contributed by atoms with Gasteiger partial charge in [0.1, 0.15) is 0 Å². The summed E-state index contributed by atoms with van der Waals surface area (Å²) in [7, 11) is 0. The van der Waals surface area contributed by atoms with E-state index in [9.17, 15) is 4.79 Å². The van der Waals surface area contributed by atoms with Crippen LogP contribution in [0.3, 0.4) is 0 Å². The molecular weight excluding hydrogens is 186 g/mol. The standard InChI is InChI=1S/C13H23NO/c1-2-14-12(15)11-5-9-13(10-6-11)7-3-4-8-13/h11H,2-10H2,1H3,(H,14,15). The number of carbonyl (C=O) groups excluding carboxylic acids is 1. The number of nitrogens with one attached hydrogen (secondary N) is 1. The number of hydrogen-bond acceptors (Lipinski definition) is 1. The van der Waals surface area contributed by atoms with E-state index in [0.29, 0.717) is 17.2 Å². The fourth-order valence-corrected chi connectivity index (χ4v) is 3.44. The van der Waals surface area contributed by atoms with Gasteiger partial charge in [-0.05, 0) is 50.9 Å². The molecule has 2 aliphatic carbocycles. The highest BCUT2D eigenvalue weighted by Gasteiger charge is 2.38. The Morgan fingerprint density at radius 1 is 1.20 bits per heavy atom. The molecule has 0 aliphatic heterocycles. The molecule has 86 valence electrons. The van der Waals surface area contributed by atoms with Crippen LogP contribution in [0.1, 0.15) is 58.3 Å². The van der Waals surface area contributed by atoms with Gasteiger partial charge in [-0.15, -0.1) is 0 Å². The molecule has 0 atom stereocenters. The smallest absolute Gasteiger partial charge is 0.223 e. The molecule has 0 saturated heterocycles. The summed E-state index contributed by atoms with van der Waals surface area (Å²) in [6.45, 7) is 2.78. The lowest BCUT2D eigenvalue weighted by molar-refractivity contribution is -0.126. The molecule has 2 rings (SSSR count). The molecule has 1 N–H and O–H groups in total. The van der Waals surface area contributed by atoms with Crippen LogP contribution >= 0.6 is 0 Å². The van der Waals surface area contributed by atoms with Crippen LogP contribution in [0.25, 0.3) is 0 Å². The van der Waals surface area contributed by atoms with E-state index in [0.717, 1.165) is 19.4 Å². The molecule has 2 nitrogen and oxygen atoms in total. The van der Waals surface area contributed by atoms with Gasteiger partial charge >= 0.3 is 0 Å². The Bertz CT molecular complexity index is 221.